The van der Waals surface area contributed by atoms with Gasteiger partial charge in [-0.25, -0.2) is 0 Å². The molecule has 2 unspecified atom stereocenters. The maximum absolute atomic E-state index is 10.7. The Labute approximate surface area is 109 Å². The molecule has 0 spiro atoms. The second kappa shape index (κ2) is 4.47. The molecule has 1 heterocycles. The number of nitrogens with zero attached hydrogens (tertiary/aromatic N) is 1. The van der Waals surface area contributed by atoms with E-state index in [2.05, 4.69) is 11.0 Å². The molecule has 0 amide bonds. The third-order valence-corrected chi connectivity index (χ3v) is 4.66. The van der Waals surface area contributed by atoms with Crippen LogP contribution in [0.3, 0.4) is 0 Å². The maximum atomic E-state index is 10.7. The molecule has 1 aromatic rings. The average Bonchev–Trinajstić information content (AvgIpc) is 2.37. The summed E-state index contributed by atoms with van der Waals surface area (Å²) < 4.78 is 0. The zero-order chi connectivity index (χ0) is 12.6. The zero-order valence-corrected chi connectivity index (χ0v) is 10.8. The van der Waals surface area contributed by atoms with Crippen molar-refractivity contribution in [1.82, 2.24) is 0 Å². The number of benzene rings is 1. The van der Waals surface area contributed by atoms with E-state index in [0.29, 0.717) is 5.92 Å². The van der Waals surface area contributed by atoms with Crippen molar-refractivity contribution < 1.29 is 5.11 Å². The zero-order valence-electron chi connectivity index (χ0n) is 10.8. The van der Waals surface area contributed by atoms with Crippen molar-refractivity contribution in [3.8, 4) is 0 Å². The Morgan fingerprint density at radius 3 is 3.00 bits per heavy atom. The smallest absolute Gasteiger partial charge is 0.0709 e. The molecule has 1 aromatic carbocycles. The molecule has 3 nitrogen and oxygen atoms in total. The molecule has 3 heteroatoms. The van der Waals surface area contributed by atoms with Crippen molar-refractivity contribution >= 4 is 11.4 Å². The van der Waals surface area contributed by atoms with Gasteiger partial charge in [-0.3, -0.25) is 0 Å². The van der Waals surface area contributed by atoms with Gasteiger partial charge < -0.3 is 15.7 Å². The Hall–Kier alpha value is -1.22. The number of fused-ring (bicyclic) bond motifs is 1. The van der Waals surface area contributed by atoms with E-state index < -0.39 is 5.60 Å². The summed E-state index contributed by atoms with van der Waals surface area (Å²) in [7, 11) is 0. The summed E-state index contributed by atoms with van der Waals surface area (Å²) in [6, 6.07) is 8.08. The van der Waals surface area contributed by atoms with Crippen LogP contribution in [0.5, 0.6) is 0 Å². The van der Waals surface area contributed by atoms with E-state index >= 15 is 0 Å². The quantitative estimate of drug-likeness (QED) is 0.748. The second-order valence-electron chi connectivity index (χ2n) is 5.84. The van der Waals surface area contributed by atoms with Gasteiger partial charge in [-0.15, -0.1) is 0 Å². The number of aliphatic hydroxyl groups is 1. The molecular weight excluding hydrogens is 224 g/mol. The highest BCUT2D eigenvalue weighted by Gasteiger charge is 2.42. The van der Waals surface area contributed by atoms with Gasteiger partial charge in [0.05, 0.1) is 5.60 Å². The molecule has 2 atom stereocenters. The van der Waals surface area contributed by atoms with Gasteiger partial charge in [0.2, 0.25) is 0 Å². The van der Waals surface area contributed by atoms with Gasteiger partial charge in [-0.05, 0) is 37.5 Å². The first-order valence-corrected chi connectivity index (χ1v) is 7.00. The molecule has 1 aliphatic heterocycles. The highest BCUT2D eigenvalue weighted by atomic mass is 16.3. The van der Waals surface area contributed by atoms with Crippen LogP contribution in [0.25, 0.3) is 0 Å². The van der Waals surface area contributed by atoms with E-state index in [1.54, 1.807) is 0 Å². The van der Waals surface area contributed by atoms with Gasteiger partial charge in [-0.2, -0.15) is 0 Å². The summed E-state index contributed by atoms with van der Waals surface area (Å²) in [5.74, 6) is 0.432. The van der Waals surface area contributed by atoms with Crippen LogP contribution in [0.2, 0.25) is 0 Å². The molecule has 2 fully saturated rings. The average molecular weight is 246 g/mol. The minimum atomic E-state index is -0.394. The van der Waals surface area contributed by atoms with Crippen molar-refractivity contribution in [2.45, 2.75) is 37.7 Å². The van der Waals surface area contributed by atoms with Crippen LogP contribution in [0.4, 0.5) is 11.4 Å². The number of hydrogen-bond acceptors (Lipinski definition) is 3. The monoisotopic (exact) mass is 246 g/mol. The van der Waals surface area contributed by atoms with Gasteiger partial charge in [0, 0.05) is 30.4 Å². The highest BCUT2D eigenvalue weighted by Crippen LogP contribution is 2.40. The first-order valence-electron chi connectivity index (χ1n) is 7.00. The third kappa shape index (κ3) is 2.07. The number of rotatable bonds is 1. The number of nitrogen functional groups attached to an aromatic ring is 1. The standard InChI is InChI=1S/C15H22N2O/c16-13-5-3-6-14(10-13)17-9-8-15(18)7-2-1-4-12(15)11-17/h3,5-6,10,12,18H,1-2,4,7-9,11,16H2. The molecular formula is C15H22N2O. The first-order chi connectivity index (χ1) is 8.67. The minimum absolute atomic E-state index is 0.394. The fourth-order valence-electron chi connectivity index (χ4n) is 3.53. The van der Waals surface area contributed by atoms with Crippen molar-refractivity contribution in [3.63, 3.8) is 0 Å². The SMILES string of the molecule is Nc1cccc(N2CCC3(O)CCCCC3C2)c1. The molecule has 0 radical (unpaired) electrons. The van der Waals surface area contributed by atoms with E-state index in [0.717, 1.165) is 38.0 Å². The van der Waals surface area contributed by atoms with Crippen LogP contribution in [0.15, 0.2) is 24.3 Å². The second-order valence-corrected chi connectivity index (χ2v) is 5.84. The lowest BCUT2D eigenvalue weighted by Crippen LogP contribution is -2.53. The molecule has 3 rings (SSSR count). The van der Waals surface area contributed by atoms with E-state index in [1.807, 2.05) is 18.2 Å². The van der Waals surface area contributed by atoms with Crippen molar-refractivity contribution in [1.29, 1.82) is 0 Å². The van der Waals surface area contributed by atoms with Crippen LogP contribution in [-0.4, -0.2) is 23.8 Å². The van der Waals surface area contributed by atoms with E-state index in [9.17, 15) is 5.11 Å². The molecule has 18 heavy (non-hydrogen) atoms. The molecule has 1 saturated heterocycles. The Balaban J connectivity index is 1.77. The van der Waals surface area contributed by atoms with Gasteiger partial charge >= 0.3 is 0 Å². The van der Waals surface area contributed by atoms with Crippen LogP contribution >= 0.6 is 0 Å². The van der Waals surface area contributed by atoms with Crippen LogP contribution in [0, 0.1) is 5.92 Å². The maximum Gasteiger partial charge on any atom is 0.0709 e. The molecule has 1 saturated carbocycles. The molecule has 98 valence electrons. The molecule has 0 aromatic heterocycles. The van der Waals surface area contributed by atoms with Gasteiger partial charge in [-0.1, -0.05) is 18.9 Å². The molecule has 0 bridgehead atoms. The van der Waals surface area contributed by atoms with Gasteiger partial charge in [0.1, 0.15) is 0 Å². The predicted molar refractivity (Wildman–Crippen MR) is 74.6 cm³/mol. The topological polar surface area (TPSA) is 49.5 Å². The Kier molecular flexibility index (Phi) is 2.94. The predicted octanol–water partition coefficient (Wildman–Crippen LogP) is 2.40. The first kappa shape index (κ1) is 11.8. The summed E-state index contributed by atoms with van der Waals surface area (Å²) >= 11 is 0. The molecule has 2 aliphatic rings. The number of piperidine rings is 1. The van der Waals surface area contributed by atoms with Gasteiger partial charge in [0.15, 0.2) is 0 Å². The Morgan fingerprint density at radius 1 is 1.28 bits per heavy atom. The fraction of sp³-hybridized carbons (Fsp3) is 0.600. The minimum Gasteiger partial charge on any atom is -0.399 e. The number of anilines is 2. The normalized spacial score (nSPS) is 32.1. The lowest BCUT2D eigenvalue weighted by atomic mass is 9.71. The van der Waals surface area contributed by atoms with E-state index in [1.165, 1.54) is 18.5 Å². The number of hydrogen-bond donors (Lipinski definition) is 2. The van der Waals surface area contributed by atoms with Gasteiger partial charge in [0.25, 0.3) is 0 Å². The largest absolute Gasteiger partial charge is 0.399 e. The summed E-state index contributed by atoms with van der Waals surface area (Å²) in [4.78, 5) is 2.38. The fourth-order valence-corrected chi connectivity index (χ4v) is 3.53. The summed E-state index contributed by atoms with van der Waals surface area (Å²) in [6.07, 6.45) is 5.49. The summed E-state index contributed by atoms with van der Waals surface area (Å²) in [6.45, 7) is 1.91. The van der Waals surface area contributed by atoms with Crippen molar-refractivity contribution in [2.24, 2.45) is 5.92 Å². The van der Waals surface area contributed by atoms with E-state index in [4.69, 9.17) is 5.73 Å². The van der Waals surface area contributed by atoms with E-state index in [-0.39, 0.29) is 0 Å². The van der Waals surface area contributed by atoms with Crippen LogP contribution < -0.4 is 10.6 Å². The van der Waals surface area contributed by atoms with Crippen LogP contribution in [0.1, 0.15) is 32.1 Å². The number of nitrogens with two attached hydrogens (primary N) is 1. The summed E-state index contributed by atoms with van der Waals surface area (Å²) in [5, 5.41) is 10.7. The molecule has 3 N–H and O–H groups in total. The third-order valence-electron chi connectivity index (χ3n) is 4.66. The Bertz CT molecular complexity index is 434. The van der Waals surface area contributed by atoms with Crippen molar-refractivity contribution in [2.75, 3.05) is 23.7 Å². The summed E-state index contributed by atoms with van der Waals surface area (Å²) in [5.41, 5.74) is 7.47. The highest BCUT2D eigenvalue weighted by molar-refractivity contribution is 5.56. The lowest BCUT2D eigenvalue weighted by molar-refractivity contribution is -0.0612. The Morgan fingerprint density at radius 2 is 2.17 bits per heavy atom. The lowest BCUT2D eigenvalue weighted by Gasteiger charge is -2.48. The molecule has 1 aliphatic carbocycles. The van der Waals surface area contributed by atoms with Crippen LogP contribution in [-0.2, 0) is 0 Å². The van der Waals surface area contributed by atoms with Crippen molar-refractivity contribution in [3.05, 3.63) is 24.3 Å².